The van der Waals surface area contributed by atoms with Gasteiger partial charge in [-0.15, -0.1) is 0 Å². The second-order valence-corrected chi connectivity index (χ2v) is 12.8. The van der Waals surface area contributed by atoms with Crippen molar-refractivity contribution in [2.24, 2.45) is 0 Å². The first-order chi connectivity index (χ1) is 19.8. The molecule has 0 atom stereocenters. The van der Waals surface area contributed by atoms with Gasteiger partial charge in [-0.1, -0.05) is 24.3 Å². The number of rotatable bonds is 11. The molecule has 2 N–H and O–H groups in total. The molecule has 3 aromatic carbocycles. The summed E-state index contributed by atoms with van der Waals surface area (Å²) in [6, 6.07) is 18.0. The van der Waals surface area contributed by atoms with E-state index in [4.69, 9.17) is 14.2 Å². The molecule has 10 nitrogen and oxygen atoms in total. The summed E-state index contributed by atoms with van der Waals surface area (Å²) in [6.45, 7) is 6.86. The van der Waals surface area contributed by atoms with Gasteiger partial charge in [0.2, 0.25) is 10.0 Å². The number of ether oxygens (including phenoxy) is 3. The molecule has 1 aliphatic heterocycles. The molecule has 0 radical (unpaired) electrons. The largest absolute Gasteiger partial charge is 0.465 e. The summed E-state index contributed by atoms with van der Waals surface area (Å²) < 4.78 is 42.4. The summed E-state index contributed by atoms with van der Waals surface area (Å²) in [6.07, 6.45) is 1.66. The van der Waals surface area contributed by atoms with Crippen molar-refractivity contribution in [3.05, 3.63) is 77.4 Å². The molecule has 0 saturated heterocycles. The fourth-order valence-electron chi connectivity index (χ4n) is 4.54. The molecule has 1 heterocycles. The van der Waals surface area contributed by atoms with Crippen LogP contribution in [0.3, 0.4) is 0 Å². The van der Waals surface area contributed by atoms with E-state index in [1.54, 1.807) is 42.3 Å². The van der Waals surface area contributed by atoms with Gasteiger partial charge in [-0.05, 0) is 80.3 Å². The zero-order valence-electron chi connectivity index (χ0n) is 24.5. The molecule has 2 amide bonds. The van der Waals surface area contributed by atoms with E-state index in [1.807, 2.05) is 51.1 Å². The molecule has 0 fully saturated rings. The Kier molecular flexibility index (Phi) is 9.55. The molecular weight excluding hydrogens is 558 g/mol. The number of fused-ring (bicyclic) bond motifs is 1. The maximum atomic E-state index is 13.5. The monoisotopic (exact) mass is 595 g/mol. The standard InChI is InChI=1S/C31H37N3O7S/c1-31(2,3)32-29(35)22-8-6-21(7-9-22)23-10-12-26-24(18-23)14-15-34(30(26)36)25-11-13-28(41-20-40-17-16-39-4)27(19-25)33-42(5,37)38/h6-13,18-19,33H,14-17,20H2,1-5H3,(H,32,35). The van der Waals surface area contributed by atoms with Crippen LogP contribution in [0.2, 0.25) is 0 Å². The lowest BCUT2D eigenvalue weighted by Gasteiger charge is -2.29. The molecule has 0 saturated carbocycles. The van der Waals surface area contributed by atoms with Crippen molar-refractivity contribution in [2.75, 3.05) is 49.5 Å². The number of methoxy groups -OCH3 is 1. The number of amides is 2. The van der Waals surface area contributed by atoms with E-state index in [0.29, 0.717) is 43.0 Å². The van der Waals surface area contributed by atoms with Crippen molar-refractivity contribution in [1.82, 2.24) is 5.32 Å². The lowest BCUT2D eigenvalue weighted by Crippen LogP contribution is -2.40. The molecule has 4 rings (SSSR count). The molecule has 224 valence electrons. The number of hydrogen-bond donors (Lipinski definition) is 2. The van der Waals surface area contributed by atoms with E-state index < -0.39 is 10.0 Å². The Bertz CT molecular complexity index is 1550. The number of anilines is 2. The normalized spacial score (nSPS) is 13.5. The molecule has 0 spiro atoms. The van der Waals surface area contributed by atoms with Crippen LogP contribution < -0.4 is 19.7 Å². The van der Waals surface area contributed by atoms with Gasteiger partial charge in [-0.3, -0.25) is 14.3 Å². The third-order valence-electron chi connectivity index (χ3n) is 6.45. The van der Waals surface area contributed by atoms with Crippen LogP contribution in [0.4, 0.5) is 11.4 Å². The second-order valence-electron chi connectivity index (χ2n) is 11.1. The van der Waals surface area contributed by atoms with Gasteiger partial charge in [0.05, 0.1) is 25.2 Å². The minimum absolute atomic E-state index is 0.0909. The number of nitrogens with zero attached hydrogens (tertiary/aromatic N) is 1. The van der Waals surface area contributed by atoms with Crippen molar-refractivity contribution in [3.8, 4) is 16.9 Å². The third kappa shape index (κ3) is 8.09. The molecule has 0 unspecified atom stereocenters. The van der Waals surface area contributed by atoms with Crippen LogP contribution >= 0.6 is 0 Å². The minimum atomic E-state index is -3.61. The quantitative estimate of drug-likeness (QED) is 0.248. The van der Waals surface area contributed by atoms with E-state index in [0.717, 1.165) is 22.9 Å². The summed E-state index contributed by atoms with van der Waals surface area (Å²) in [5.41, 5.74) is 4.40. The molecule has 11 heteroatoms. The first-order valence-electron chi connectivity index (χ1n) is 13.5. The van der Waals surface area contributed by atoms with Gasteiger partial charge in [0.25, 0.3) is 11.8 Å². The highest BCUT2D eigenvalue weighted by atomic mass is 32.2. The SMILES string of the molecule is COCCOCOc1ccc(N2CCc3cc(-c4ccc(C(=O)NC(C)(C)C)cc4)ccc3C2=O)cc1NS(C)(=O)=O. The number of hydrogen-bond acceptors (Lipinski definition) is 7. The Hall–Kier alpha value is -3.93. The van der Waals surface area contributed by atoms with E-state index in [9.17, 15) is 18.0 Å². The molecule has 3 aromatic rings. The van der Waals surface area contributed by atoms with Gasteiger partial charge in [0.1, 0.15) is 5.75 Å². The van der Waals surface area contributed by atoms with Crippen LogP contribution in [0.1, 0.15) is 47.1 Å². The molecule has 0 aliphatic carbocycles. The van der Waals surface area contributed by atoms with E-state index in [2.05, 4.69) is 10.0 Å². The molecule has 1 aliphatic rings. The Balaban J connectivity index is 1.52. The van der Waals surface area contributed by atoms with Crippen molar-refractivity contribution < 1.29 is 32.2 Å². The maximum absolute atomic E-state index is 13.5. The summed E-state index contributed by atoms with van der Waals surface area (Å²) in [5, 5.41) is 2.96. The van der Waals surface area contributed by atoms with Gasteiger partial charge >= 0.3 is 0 Å². The van der Waals surface area contributed by atoms with E-state index in [-0.39, 0.29) is 35.6 Å². The zero-order valence-corrected chi connectivity index (χ0v) is 25.3. The highest BCUT2D eigenvalue weighted by Gasteiger charge is 2.27. The van der Waals surface area contributed by atoms with Gasteiger partial charge in [0.15, 0.2) is 6.79 Å². The number of carbonyl (C=O) groups is 2. The van der Waals surface area contributed by atoms with Crippen molar-refractivity contribution in [1.29, 1.82) is 0 Å². The fourth-order valence-corrected chi connectivity index (χ4v) is 5.10. The highest BCUT2D eigenvalue weighted by molar-refractivity contribution is 7.92. The number of nitrogens with one attached hydrogen (secondary N) is 2. The van der Waals surface area contributed by atoms with Gasteiger partial charge in [0, 0.05) is 36.0 Å². The summed E-state index contributed by atoms with van der Waals surface area (Å²) in [5.74, 6) is -0.0352. The first-order valence-corrected chi connectivity index (χ1v) is 15.4. The van der Waals surface area contributed by atoms with Crippen LogP contribution in [-0.2, 0) is 25.9 Å². The Morgan fingerprint density at radius 2 is 1.69 bits per heavy atom. The molecule has 42 heavy (non-hydrogen) atoms. The average Bonchev–Trinajstić information content (AvgIpc) is 2.92. The lowest BCUT2D eigenvalue weighted by atomic mass is 9.93. The summed E-state index contributed by atoms with van der Waals surface area (Å²) >= 11 is 0. The van der Waals surface area contributed by atoms with Gasteiger partial charge in [-0.2, -0.15) is 0 Å². The smallest absolute Gasteiger partial charge is 0.258 e. The van der Waals surface area contributed by atoms with Crippen LogP contribution in [0.25, 0.3) is 11.1 Å². The van der Waals surface area contributed by atoms with Crippen molar-refractivity contribution in [2.45, 2.75) is 32.7 Å². The average molecular weight is 596 g/mol. The molecule has 0 bridgehead atoms. The number of benzene rings is 3. The van der Waals surface area contributed by atoms with Crippen LogP contribution in [0, 0.1) is 0 Å². The fraction of sp³-hybridized carbons (Fsp3) is 0.355. The Morgan fingerprint density at radius 1 is 0.976 bits per heavy atom. The van der Waals surface area contributed by atoms with Crippen LogP contribution in [0.5, 0.6) is 5.75 Å². The van der Waals surface area contributed by atoms with Crippen molar-refractivity contribution >= 4 is 33.2 Å². The predicted octanol–water partition coefficient (Wildman–Crippen LogP) is 4.46. The van der Waals surface area contributed by atoms with E-state index >= 15 is 0 Å². The van der Waals surface area contributed by atoms with Crippen molar-refractivity contribution in [3.63, 3.8) is 0 Å². The topological polar surface area (TPSA) is 123 Å². The third-order valence-corrected chi connectivity index (χ3v) is 7.04. The lowest BCUT2D eigenvalue weighted by molar-refractivity contribution is -0.00814. The second kappa shape index (κ2) is 12.9. The highest BCUT2D eigenvalue weighted by Crippen LogP contribution is 2.34. The Labute approximate surface area is 247 Å². The number of sulfonamides is 1. The van der Waals surface area contributed by atoms with Crippen LogP contribution in [0.15, 0.2) is 60.7 Å². The zero-order chi connectivity index (χ0) is 30.5. The first kappa shape index (κ1) is 31.0. The summed E-state index contributed by atoms with van der Waals surface area (Å²) in [7, 11) is -2.05. The van der Waals surface area contributed by atoms with Crippen LogP contribution in [-0.4, -0.2) is 65.7 Å². The van der Waals surface area contributed by atoms with Gasteiger partial charge < -0.3 is 24.4 Å². The summed E-state index contributed by atoms with van der Waals surface area (Å²) in [4.78, 5) is 27.6. The molecule has 0 aromatic heterocycles. The van der Waals surface area contributed by atoms with Gasteiger partial charge in [-0.25, -0.2) is 8.42 Å². The maximum Gasteiger partial charge on any atom is 0.258 e. The molecular formula is C31H37N3O7S. The minimum Gasteiger partial charge on any atom is -0.465 e. The predicted molar refractivity (Wildman–Crippen MR) is 163 cm³/mol. The number of carbonyl (C=O) groups excluding carboxylic acids is 2. The Morgan fingerprint density at radius 3 is 2.36 bits per heavy atom. The van der Waals surface area contributed by atoms with E-state index in [1.165, 1.54) is 0 Å².